The van der Waals surface area contributed by atoms with Gasteiger partial charge in [-0.15, -0.1) is 0 Å². The number of pyridine rings is 1. The lowest BCUT2D eigenvalue weighted by Crippen LogP contribution is -2.04. The van der Waals surface area contributed by atoms with Gasteiger partial charge in [-0.1, -0.05) is 15.9 Å². The topological polar surface area (TPSA) is 32.9 Å². The van der Waals surface area contributed by atoms with Crippen molar-refractivity contribution in [2.45, 2.75) is 6.92 Å². The van der Waals surface area contributed by atoms with Crippen LogP contribution in [0.3, 0.4) is 0 Å². The Morgan fingerprint density at radius 1 is 1.31 bits per heavy atom. The Labute approximate surface area is 83.7 Å². The molecule has 0 saturated carbocycles. The second-order valence-corrected chi connectivity index (χ2v) is 3.87. The molecule has 2 nitrogen and oxygen atoms in total. The molecule has 2 aromatic rings. The molecule has 0 radical (unpaired) electrons. The Morgan fingerprint density at radius 3 is 2.85 bits per heavy atom. The largest absolute Gasteiger partial charge is 0.329 e. The third-order valence-electron chi connectivity index (χ3n) is 1.98. The van der Waals surface area contributed by atoms with Gasteiger partial charge in [0, 0.05) is 21.4 Å². The van der Waals surface area contributed by atoms with Crippen molar-refractivity contribution in [2.24, 2.45) is 0 Å². The smallest absolute Gasteiger partial charge is 0.255 e. The highest BCUT2D eigenvalue weighted by Gasteiger charge is 2.01. The molecule has 3 heteroatoms. The van der Waals surface area contributed by atoms with Crippen molar-refractivity contribution in [1.29, 1.82) is 0 Å². The van der Waals surface area contributed by atoms with Crippen LogP contribution in [0.2, 0.25) is 0 Å². The highest BCUT2D eigenvalue weighted by Crippen LogP contribution is 2.22. The summed E-state index contributed by atoms with van der Waals surface area (Å²) in [7, 11) is 0. The highest BCUT2D eigenvalue weighted by molar-refractivity contribution is 9.10. The Morgan fingerprint density at radius 2 is 2.08 bits per heavy atom. The van der Waals surface area contributed by atoms with E-state index in [1.54, 1.807) is 6.20 Å². The van der Waals surface area contributed by atoms with Crippen molar-refractivity contribution < 1.29 is 0 Å². The molecule has 0 fully saturated rings. The van der Waals surface area contributed by atoms with Crippen LogP contribution in [0.1, 0.15) is 5.56 Å². The quantitative estimate of drug-likeness (QED) is 0.751. The number of fused-ring (bicyclic) bond motifs is 1. The Bertz CT molecular complexity index is 516. The Hall–Kier alpha value is -1.09. The summed E-state index contributed by atoms with van der Waals surface area (Å²) < 4.78 is 0.966. The first-order chi connectivity index (χ1) is 6.18. The van der Waals surface area contributed by atoms with Crippen LogP contribution in [0, 0.1) is 6.92 Å². The van der Waals surface area contributed by atoms with E-state index < -0.39 is 0 Å². The third-order valence-corrected chi connectivity index (χ3v) is 2.64. The van der Waals surface area contributed by atoms with Crippen molar-refractivity contribution in [1.82, 2.24) is 4.98 Å². The summed E-state index contributed by atoms with van der Waals surface area (Å²) >= 11 is 3.43. The van der Waals surface area contributed by atoms with Gasteiger partial charge in [0.15, 0.2) is 0 Å². The molecule has 0 bridgehead atoms. The zero-order chi connectivity index (χ0) is 9.42. The molecule has 66 valence electrons. The molecule has 1 aromatic heterocycles. The molecule has 0 saturated heterocycles. The van der Waals surface area contributed by atoms with E-state index in [0.29, 0.717) is 0 Å². The van der Waals surface area contributed by atoms with Gasteiger partial charge < -0.3 is 4.98 Å². The molecule has 1 N–H and O–H groups in total. The standard InChI is InChI=1S/C10H8BrNO/c1-6-4-8-7(9(11)5-6)2-3-12-10(8)13/h2-5H,1H3,(H,12,13). The van der Waals surface area contributed by atoms with Crippen LogP contribution in [0.5, 0.6) is 0 Å². The monoisotopic (exact) mass is 237 g/mol. The van der Waals surface area contributed by atoms with Crippen molar-refractivity contribution in [3.63, 3.8) is 0 Å². The number of hydrogen-bond donors (Lipinski definition) is 1. The summed E-state index contributed by atoms with van der Waals surface area (Å²) in [4.78, 5) is 14.1. The van der Waals surface area contributed by atoms with Crippen molar-refractivity contribution in [2.75, 3.05) is 0 Å². The first-order valence-electron chi connectivity index (χ1n) is 3.96. The number of aromatic nitrogens is 1. The highest BCUT2D eigenvalue weighted by atomic mass is 79.9. The summed E-state index contributed by atoms with van der Waals surface area (Å²) in [6, 6.07) is 5.78. The molecule has 0 aliphatic carbocycles. The predicted molar refractivity (Wildman–Crippen MR) is 57.0 cm³/mol. The van der Waals surface area contributed by atoms with E-state index in [0.717, 1.165) is 20.8 Å². The molecule has 0 aliphatic rings. The van der Waals surface area contributed by atoms with E-state index in [-0.39, 0.29) is 5.56 Å². The minimum Gasteiger partial charge on any atom is -0.329 e. The second-order valence-electron chi connectivity index (χ2n) is 3.01. The van der Waals surface area contributed by atoms with Crippen molar-refractivity contribution in [3.05, 3.63) is 44.8 Å². The molecule has 1 aromatic carbocycles. The lowest BCUT2D eigenvalue weighted by molar-refractivity contribution is 1.27. The van der Waals surface area contributed by atoms with Crippen molar-refractivity contribution >= 4 is 26.7 Å². The number of aromatic amines is 1. The number of hydrogen-bond acceptors (Lipinski definition) is 1. The van der Waals surface area contributed by atoms with E-state index in [1.807, 2.05) is 25.1 Å². The molecule has 0 amide bonds. The van der Waals surface area contributed by atoms with E-state index in [9.17, 15) is 4.79 Å². The zero-order valence-electron chi connectivity index (χ0n) is 7.10. The molecular formula is C10H8BrNO. The van der Waals surface area contributed by atoms with Gasteiger partial charge in [0.1, 0.15) is 0 Å². The van der Waals surface area contributed by atoms with Gasteiger partial charge in [0.25, 0.3) is 5.56 Å². The summed E-state index contributed by atoms with van der Waals surface area (Å²) in [6.45, 7) is 1.97. The number of H-pyrrole nitrogens is 1. The molecule has 2 rings (SSSR count). The van der Waals surface area contributed by atoms with Gasteiger partial charge in [0.05, 0.1) is 0 Å². The average Bonchev–Trinajstić information content (AvgIpc) is 2.07. The Balaban J connectivity index is 3.03. The number of nitrogens with one attached hydrogen (secondary N) is 1. The van der Waals surface area contributed by atoms with Crippen LogP contribution >= 0.6 is 15.9 Å². The number of halogens is 1. The van der Waals surface area contributed by atoms with Gasteiger partial charge in [-0.2, -0.15) is 0 Å². The van der Waals surface area contributed by atoms with Crippen LogP contribution in [-0.2, 0) is 0 Å². The fraction of sp³-hybridized carbons (Fsp3) is 0.100. The zero-order valence-corrected chi connectivity index (χ0v) is 8.68. The van der Waals surface area contributed by atoms with Crippen LogP contribution in [0.25, 0.3) is 10.8 Å². The molecule has 0 unspecified atom stereocenters. The maximum absolute atomic E-state index is 11.4. The van der Waals surface area contributed by atoms with Gasteiger partial charge >= 0.3 is 0 Å². The predicted octanol–water partition coefficient (Wildman–Crippen LogP) is 2.60. The average molecular weight is 238 g/mol. The summed E-state index contributed by atoms with van der Waals surface area (Å²) in [5.74, 6) is 0. The minimum absolute atomic E-state index is 0.0399. The summed E-state index contributed by atoms with van der Waals surface area (Å²) in [5, 5.41) is 1.68. The molecule has 13 heavy (non-hydrogen) atoms. The minimum atomic E-state index is -0.0399. The third kappa shape index (κ3) is 1.40. The normalized spacial score (nSPS) is 10.6. The van der Waals surface area contributed by atoms with Crippen LogP contribution in [0.15, 0.2) is 33.7 Å². The van der Waals surface area contributed by atoms with Crippen molar-refractivity contribution in [3.8, 4) is 0 Å². The first-order valence-corrected chi connectivity index (χ1v) is 4.75. The Kier molecular flexibility index (Phi) is 1.96. The maximum Gasteiger partial charge on any atom is 0.255 e. The van der Waals surface area contributed by atoms with Gasteiger partial charge in [-0.05, 0) is 30.7 Å². The molecule has 0 atom stereocenters. The first kappa shape index (κ1) is 8.51. The van der Waals surface area contributed by atoms with E-state index in [2.05, 4.69) is 20.9 Å². The summed E-state index contributed by atoms with van der Waals surface area (Å²) in [6.07, 6.45) is 1.66. The second kappa shape index (κ2) is 3.00. The molecule has 0 spiro atoms. The number of aryl methyl sites for hydroxylation is 1. The van der Waals surface area contributed by atoms with Crippen LogP contribution in [-0.4, -0.2) is 4.98 Å². The van der Waals surface area contributed by atoms with Gasteiger partial charge in [0.2, 0.25) is 0 Å². The SMILES string of the molecule is Cc1cc(Br)c2cc[nH]c(=O)c2c1. The number of benzene rings is 1. The van der Waals surface area contributed by atoms with Crippen LogP contribution < -0.4 is 5.56 Å². The van der Waals surface area contributed by atoms with Crippen LogP contribution in [0.4, 0.5) is 0 Å². The van der Waals surface area contributed by atoms with Gasteiger partial charge in [-0.3, -0.25) is 4.79 Å². The fourth-order valence-electron chi connectivity index (χ4n) is 1.39. The fourth-order valence-corrected chi connectivity index (χ4v) is 2.10. The molecule has 0 aliphatic heterocycles. The van der Waals surface area contributed by atoms with E-state index >= 15 is 0 Å². The van der Waals surface area contributed by atoms with E-state index in [1.165, 1.54) is 0 Å². The lowest BCUT2D eigenvalue weighted by Gasteiger charge is -2.00. The molecule has 1 heterocycles. The maximum atomic E-state index is 11.4. The molecular weight excluding hydrogens is 230 g/mol. The lowest BCUT2D eigenvalue weighted by atomic mass is 10.1. The number of rotatable bonds is 0. The summed E-state index contributed by atoms with van der Waals surface area (Å²) in [5.41, 5.74) is 1.04. The van der Waals surface area contributed by atoms with E-state index in [4.69, 9.17) is 0 Å². The van der Waals surface area contributed by atoms with Gasteiger partial charge in [-0.25, -0.2) is 0 Å².